The van der Waals surface area contributed by atoms with Crippen molar-refractivity contribution in [1.29, 1.82) is 0 Å². The number of aryl methyl sites for hydroxylation is 2. The van der Waals surface area contributed by atoms with Gasteiger partial charge in [0.2, 0.25) is 15.9 Å². The van der Waals surface area contributed by atoms with Gasteiger partial charge in [0.1, 0.15) is 17.7 Å². The molecule has 2 amide bonds. The molecule has 1 aromatic rings. The maximum Gasteiger partial charge on any atom is 0.253 e. The second-order valence-corrected chi connectivity index (χ2v) is 13.1. The topological polar surface area (TPSA) is 125 Å². The molecule has 1 saturated carbocycles. The molecular weight excluding hydrogens is 516 g/mol. The van der Waals surface area contributed by atoms with Gasteiger partial charge in [0, 0.05) is 43.8 Å². The largest absolute Gasteiger partial charge is 0.352 e. The molecule has 0 atom stereocenters. The summed E-state index contributed by atoms with van der Waals surface area (Å²) in [5, 5.41) is 7.07. The van der Waals surface area contributed by atoms with Crippen molar-refractivity contribution in [3.63, 3.8) is 0 Å². The van der Waals surface area contributed by atoms with Gasteiger partial charge in [0.05, 0.1) is 0 Å². The summed E-state index contributed by atoms with van der Waals surface area (Å²) >= 11 is 0. The van der Waals surface area contributed by atoms with E-state index < -0.39 is 15.6 Å². The Kier molecular flexibility index (Phi) is 9.06. The molecule has 1 aromatic carbocycles. The Balaban J connectivity index is 1.37. The molecule has 0 bridgehead atoms. The minimum atomic E-state index is -3.67. The van der Waals surface area contributed by atoms with Crippen molar-refractivity contribution in [3.05, 3.63) is 39.8 Å². The van der Waals surface area contributed by atoms with Crippen LogP contribution in [0.4, 0.5) is 0 Å². The predicted molar refractivity (Wildman–Crippen MR) is 151 cm³/mol. The van der Waals surface area contributed by atoms with Gasteiger partial charge in [-0.25, -0.2) is 8.42 Å². The molecule has 1 aliphatic carbocycles. The number of aldehydes is 1. The first-order valence-electron chi connectivity index (χ1n) is 13.9. The lowest BCUT2D eigenvalue weighted by Gasteiger charge is -2.34. The summed E-state index contributed by atoms with van der Waals surface area (Å²) in [6.45, 7) is 6.91. The van der Waals surface area contributed by atoms with Gasteiger partial charge >= 0.3 is 0 Å². The summed E-state index contributed by atoms with van der Waals surface area (Å²) < 4.78 is 27.8. The highest BCUT2D eigenvalue weighted by Crippen LogP contribution is 2.36. The Labute approximate surface area is 231 Å². The average Bonchev–Trinajstić information content (AvgIpc) is 3.21. The zero-order chi connectivity index (χ0) is 28.2. The first kappa shape index (κ1) is 29.1. The van der Waals surface area contributed by atoms with Crippen LogP contribution in [0, 0.1) is 25.7 Å². The summed E-state index contributed by atoms with van der Waals surface area (Å²) in [5.74, 6) is 1.54. The highest BCUT2D eigenvalue weighted by molar-refractivity contribution is 7.92. The lowest BCUT2D eigenvalue weighted by atomic mass is 9.82. The Hall–Kier alpha value is -2.85. The molecule has 0 unspecified atom stereocenters. The molecule has 2 heterocycles. The van der Waals surface area contributed by atoms with Gasteiger partial charge in [0.15, 0.2) is 0 Å². The third-order valence-corrected chi connectivity index (χ3v) is 9.91. The van der Waals surface area contributed by atoms with E-state index in [2.05, 4.69) is 17.6 Å². The molecule has 39 heavy (non-hydrogen) atoms. The van der Waals surface area contributed by atoms with Crippen LogP contribution in [0.1, 0.15) is 80.5 Å². The van der Waals surface area contributed by atoms with E-state index >= 15 is 0 Å². The lowest BCUT2D eigenvalue weighted by molar-refractivity contribution is -0.125. The normalized spacial score (nSPS) is 23.6. The number of carbonyl (C=O) groups is 3. The van der Waals surface area contributed by atoms with E-state index in [1.54, 1.807) is 6.08 Å². The number of sulfonamides is 1. The molecule has 1 saturated heterocycles. The molecule has 4 rings (SSSR count). The van der Waals surface area contributed by atoms with Crippen molar-refractivity contribution in [3.8, 4) is 0 Å². The summed E-state index contributed by atoms with van der Waals surface area (Å²) in [7, 11) is -3.67. The van der Waals surface area contributed by atoms with Gasteiger partial charge in [-0.3, -0.25) is 14.6 Å². The number of rotatable bonds is 9. The van der Waals surface area contributed by atoms with Crippen LogP contribution in [-0.4, -0.2) is 55.3 Å². The molecule has 2 fully saturated rings. The fourth-order valence-corrected chi connectivity index (χ4v) is 7.04. The van der Waals surface area contributed by atoms with E-state index in [1.165, 1.54) is 9.71 Å². The number of amidine groups is 1. The van der Waals surface area contributed by atoms with Crippen molar-refractivity contribution in [2.24, 2.45) is 16.8 Å². The molecule has 0 radical (unpaired) electrons. The summed E-state index contributed by atoms with van der Waals surface area (Å²) in [6, 6.07) is 3.84. The standard InChI is InChI=1S/C29H40N4O5S/c1-20-6-8-24(9-7-20)27-31-28(36)29(32-27)11-13-33(14-12-29)39(37,38)16-10-25-21(2)17-23(18-22(25)3)19-30-26(35)5-4-15-34/h10,15-18,20,24H,4-9,11-14,19H2,1-3H3,(H,30,35)(H,31,32,36)/b16-10+. The summed E-state index contributed by atoms with van der Waals surface area (Å²) in [5.41, 5.74) is 2.67. The van der Waals surface area contributed by atoms with Gasteiger partial charge in [-0.15, -0.1) is 0 Å². The Morgan fingerprint density at radius 2 is 1.79 bits per heavy atom. The molecule has 212 valence electrons. The SMILES string of the molecule is Cc1cc(CNC(=O)CCC=O)cc(C)c1/C=C/S(=O)(=O)N1CCC2(CC1)N=C(C1CCC(C)CC1)NC2=O. The van der Waals surface area contributed by atoms with Crippen LogP contribution < -0.4 is 10.6 Å². The van der Waals surface area contributed by atoms with Crippen molar-refractivity contribution >= 4 is 40.0 Å². The first-order chi connectivity index (χ1) is 18.5. The maximum atomic E-state index is 13.2. The van der Waals surface area contributed by atoms with Crippen LogP contribution in [0.5, 0.6) is 0 Å². The molecule has 9 nitrogen and oxygen atoms in total. The summed E-state index contributed by atoms with van der Waals surface area (Å²) in [6.07, 6.45) is 7.83. The second-order valence-electron chi connectivity index (χ2n) is 11.3. The fraction of sp³-hybridized carbons (Fsp3) is 0.586. The number of nitrogens with one attached hydrogen (secondary N) is 2. The Morgan fingerprint density at radius 1 is 1.15 bits per heavy atom. The van der Waals surface area contributed by atoms with Crippen LogP contribution in [-0.2, 0) is 31.0 Å². The van der Waals surface area contributed by atoms with Gasteiger partial charge in [-0.05, 0) is 73.8 Å². The van der Waals surface area contributed by atoms with E-state index in [0.717, 1.165) is 60.1 Å². The number of amides is 2. The van der Waals surface area contributed by atoms with Crippen molar-refractivity contribution < 1.29 is 22.8 Å². The molecule has 3 aliphatic rings. The van der Waals surface area contributed by atoms with E-state index in [-0.39, 0.29) is 37.7 Å². The maximum absolute atomic E-state index is 13.2. The molecule has 1 spiro atoms. The number of carbonyl (C=O) groups excluding carboxylic acids is 3. The molecule has 2 N–H and O–H groups in total. The van der Waals surface area contributed by atoms with Crippen LogP contribution >= 0.6 is 0 Å². The third-order valence-electron chi connectivity index (χ3n) is 8.35. The minimum absolute atomic E-state index is 0.0880. The van der Waals surface area contributed by atoms with Gasteiger partial charge in [0.25, 0.3) is 5.91 Å². The summed E-state index contributed by atoms with van der Waals surface area (Å²) in [4.78, 5) is 40.0. The first-order valence-corrected chi connectivity index (χ1v) is 15.4. The van der Waals surface area contributed by atoms with Crippen molar-refractivity contribution in [2.45, 2.75) is 84.2 Å². The molecule has 0 aromatic heterocycles. The zero-order valence-electron chi connectivity index (χ0n) is 23.2. The second kappa shape index (κ2) is 12.1. The van der Waals surface area contributed by atoms with Gasteiger partial charge in [-0.2, -0.15) is 4.31 Å². The Bertz CT molecular complexity index is 1250. The van der Waals surface area contributed by atoms with E-state index in [9.17, 15) is 22.8 Å². The number of benzene rings is 1. The fourth-order valence-electron chi connectivity index (χ4n) is 5.87. The number of hydrogen-bond donors (Lipinski definition) is 2. The molecule has 2 aliphatic heterocycles. The average molecular weight is 557 g/mol. The minimum Gasteiger partial charge on any atom is -0.352 e. The van der Waals surface area contributed by atoms with E-state index in [4.69, 9.17) is 4.99 Å². The predicted octanol–water partition coefficient (Wildman–Crippen LogP) is 3.39. The highest BCUT2D eigenvalue weighted by atomic mass is 32.2. The Morgan fingerprint density at radius 3 is 2.41 bits per heavy atom. The van der Waals surface area contributed by atoms with Crippen LogP contribution in [0.15, 0.2) is 22.5 Å². The monoisotopic (exact) mass is 556 g/mol. The van der Waals surface area contributed by atoms with Crippen molar-refractivity contribution in [2.75, 3.05) is 13.1 Å². The quantitative estimate of drug-likeness (QED) is 0.451. The van der Waals surface area contributed by atoms with E-state index in [0.29, 0.717) is 31.2 Å². The van der Waals surface area contributed by atoms with Gasteiger partial charge in [-0.1, -0.05) is 31.9 Å². The number of nitrogens with zero attached hydrogens (tertiary/aromatic N) is 2. The smallest absolute Gasteiger partial charge is 0.253 e. The van der Waals surface area contributed by atoms with Crippen LogP contribution in [0.2, 0.25) is 0 Å². The van der Waals surface area contributed by atoms with Crippen molar-refractivity contribution in [1.82, 2.24) is 14.9 Å². The highest BCUT2D eigenvalue weighted by Gasteiger charge is 2.48. The van der Waals surface area contributed by atoms with Crippen LogP contribution in [0.3, 0.4) is 0 Å². The number of piperidine rings is 1. The zero-order valence-corrected chi connectivity index (χ0v) is 24.0. The number of aliphatic imine (C=N–C) groups is 1. The lowest BCUT2D eigenvalue weighted by Crippen LogP contribution is -2.50. The number of hydrogen-bond acceptors (Lipinski definition) is 6. The molecular formula is C29H40N4O5S. The van der Waals surface area contributed by atoms with E-state index in [1.807, 2.05) is 26.0 Å². The molecule has 10 heteroatoms. The van der Waals surface area contributed by atoms with Gasteiger partial charge < -0.3 is 15.4 Å². The third kappa shape index (κ3) is 6.84. The van der Waals surface area contributed by atoms with Crippen LogP contribution in [0.25, 0.3) is 6.08 Å².